The molecule has 0 radical (unpaired) electrons. The highest BCUT2D eigenvalue weighted by Crippen LogP contribution is 1.99. The minimum absolute atomic E-state index is 0.00608. The van der Waals surface area contributed by atoms with E-state index < -0.39 is 0 Å². The number of nitrogens with one attached hydrogen (secondary N) is 1. The van der Waals surface area contributed by atoms with Crippen molar-refractivity contribution in [2.75, 3.05) is 5.88 Å². The van der Waals surface area contributed by atoms with Gasteiger partial charge in [-0.15, -0.1) is 11.6 Å². The fourth-order valence-electron chi connectivity index (χ4n) is 1.32. The second-order valence-electron chi connectivity index (χ2n) is 3.43. The lowest BCUT2D eigenvalue weighted by Gasteiger charge is -2.12. The zero-order valence-electron chi connectivity index (χ0n) is 8.74. The maximum atomic E-state index is 11.2. The van der Waals surface area contributed by atoms with Crippen LogP contribution >= 0.6 is 11.6 Å². The number of hydrogen-bond acceptors (Lipinski definition) is 2. The molecular formula is C11H15ClN2O. The van der Waals surface area contributed by atoms with Gasteiger partial charge in [-0.2, -0.15) is 0 Å². The van der Waals surface area contributed by atoms with Gasteiger partial charge >= 0.3 is 0 Å². The molecule has 0 fully saturated rings. The van der Waals surface area contributed by atoms with Gasteiger partial charge in [0.15, 0.2) is 0 Å². The van der Waals surface area contributed by atoms with E-state index in [1.54, 1.807) is 6.20 Å². The molecule has 82 valence electrons. The minimum Gasteiger partial charge on any atom is -0.353 e. The van der Waals surface area contributed by atoms with E-state index in [1.807, 2.05) is 25.1 Å². The summed E-state index contributed by atoms with van der Waals surface area (Å²) >= 11 is 5.47. The molecule has 3 nitrogen and oxygen atoms in total. The molecule has 1 heterocycles. The minimum atomic E-state index is -0.00608. The van der Waals surface area contributed by atoms with E-state index in [4.69, 9.17) is 11.6 Å². The van der Waals surface area contributed by atoms with Crippen molar-refractivity contribution < 1.29 is 4.79 Å². The Kier molecular flexibility index (Phi) is 5.12. The van der Waals surface area contributed by atoms with E-state index in [9.17, 15) is 4.79 Å². The molecule has 15 heavy (non-hydrogen) atoms. The largest absolute Gasteiger partial charge is 0.353 e. The maximum Gasteiger partial charge on any atom is 0.221 e. The van der Waals surface area contributed by atoms with Crippen molar-refractivity contribution in [1.29, 1.82) is 0 Å². The quantitative estimate of drug-likeness (QED) is 0.778. The van der Waals surface area contributed by atoms with Crippen LogP contribution in [0.15, 0.2) is 24.4 Å². The highest BCUT2D eigenvalue weighted by molar-refractivity contribution is 6.18. The summed E-state index contributed by atoms with van der Waals surface area (Å²) in [7, 11) is 0. The van der Waals surface area contributed by atoms with Crippen LogP contribution < -0.4 is 5.32 Å². The van der Waals surface area contributed by atoms with E-state index in [0.717, 1.165) is 12.1 Å². The zero-order chi connectivity index (χ0) is 11.1. The Bertz CT molecular complexity index is 303. The molecule has 4 heteroatoms. The van der Waals surface area contributed by atoms with Gasteiger partial charge in [-0.25, -0.2) is 0 Å². The Labute approximate surface area is 94.9 Å². The molecule has 1 atom stereocenters. The molecule has 1 unspecified atom stereocenters. The lowest BCUT2D eigenvalue weighted by Crippen LogP contribution is -2.34. The van der Waals surface area contributed by atoms with Crippen LogP contribution in [0.4, 0.5) is 0 Å². The van der Waals surface area contributed by atoms with Crippen LogP contribution in [0.3, 0.4) is 0 Å². The number of halogens is 1. The molecule has 1 aromatic heterocycles. The van der Waals surface area contributed by atoms with Gasteiger partial charge < -0.3 is 5.32 Å². The summed E-state index contributed by atoms with van der Waals surface area (Å²) in [6.45, 7) is 1.96. The average molecular weight is 227 g/mol. The number of pyridine rings is 1. The molecule has 1 N–H and O–H groups in total. The molecular weight excluding hydrogens is 212 g/mol. The van der Waals surface area contributed by atoms with Gasteiger partial charge in [-0.3, -0.25) is 9.78 Å². The van der Waals surface area contributed by atoms with Crippen LogP contribution in [0, 0.1) is 0 Å². The van der Waals surface area contributed by atoms with Crippen LogP contribution in [0.1, 0.15) is 19.0 Å². The number of carbonyl (C=O) groups is 1. The number of alkyl halides is 1. The van der Waals surface area contributed by atoms with Crippen molar-refractivity contribution in [3.63, 3.8) is 0 Å². The highest BCUT2D eigenvalue weighted by Gasteiger charge is 2.07. The number of aromatic nitrogens is 1. The standard InChI is InChI=1S/C11H15ClN2O/c1-9(14-11(15)5-6-12)8-10-4-2-3-7-13-10/h2-4,7,9H,5-6,8H2,1H3,(H,14,15). The smallest absolute Gasteiger partial charge is 0.221 e. The van der Waals surface area contributed by atoms with E-state index in [-0.39, 0.29) is 11.9 Å². The van der Waals surface area contributed by atoms with Crippen LogP contribution in [0.5, 0.6) is 0 Å². The Morgan fingerprint density at radius 2 is 2.40 bits per heavy atom. The number of nitrogens with zero attached hydrogens (tertiary/aromatic N) is 1. The molecule has 0 aliphatic heterocycles. The molecule has 0 aliphatic carbocycles. The van der Waals surface area contributed by atoms with Gasteiger partial charge in [-0.1, -0.05) is 6.07 Å². The third kappa shape index (κ3) is 4.79. The Balaban J connectivity index is 2.36. The normalized spacial score (nSPS) is 12.1. The summed E-state index contributed by atoms with van der Waals surface area (Å²) in [5.41, 5.74) is 0.983. The first kappa shape index (κ1) is 12.0. The zero-order valence-corrected chi connectivity index (χ0v) is 9.50. The van der Waals surface area contributed by atoms with Crippen molar-refractivity contribution >= 4 is 17.5 Å². The van der Waals surface area contributed by atoms with Gasteiger partial charge in [0, 0.05) is 36.7 Å². The van der Waals surface area contributed by atoms with Gasteiger partial charge in [0.1, 0.15) is 0 Å². The Morgan fingerprint density at radius 1 is 1.60 bits per heavy atom. The predicted molar refractivity (Wildman–Crippen MR) is 60.9 cm³/mol. The summed E-state index contributed by atoms with van der Waals surface area (Å²) in [5, 5.41) is 2.87. The highest BCUT2D eigenvalue weighted by atomic mass is 35.5. The van der Waals surface area contributed by atoms with E-state index in [2.05, 4.69) is 10.3 Å². The molecule has 0 aromatic carbocycles. The Hall–Kier alpha value is -1.09. The second kappa shape index (κ2) is 6.40. The third-order valence-corrected chi connectivity index (χ3v) is 2.16. The van der Waals surface area contributed by atoms with Crippen molar-refractivity contribution in [3.05, 3.63) is 30.1 Å². The molecule has 1 rings (SSSR count). The average Bonchev–Trinajstić information content (AvgIpc) is 2.19. The summed E-state index contributed by atoms with van der Waals surface area (Å²) in [4.78, 5) is 15.4. The maximum absolute atomic E-state index is 11.2. The predicted octanol–water partition coefficient (Wildman–Crippen LogP) is 1.76. The third-order valence-electron chi connectivity index (χ3n) is 1.97. The van der Waals surface area contributed by atoms with Gasteiger partial charge in [-0.05, 0) is 19.1 Å². The lowest BCUT2D eigenvalue weighted by molar-refractivity contribution is -0.121. The topological polar surface area (TPSA) is 42.0 Å². The summed E-state index contributed by atoms with van der Waals surface area (Å²) in [6, 6.07) is 5.86. The van der Waals surface area contributed by atoms with Crippen molar-refractivity contribution in [3.8, 4) is 0 Å². The first-order valence-electron chi connectivity index (χ1n) is 4.97. The molecule has 1 aromatic rings. The van der Waals surface area contributed by atoms with E-state index in [1.165, 1.54) is 0 Å². The SMILES string of the molecule is CC(Cc1ccccn1)NC(=O)CCCl. The molecule has 0 bridgehead atoms. The number of hydrogen-bond donors (Lipinski definition) is 1. The van der Waals surface area contributed by atoms with Crippen LogP contribution in [-0.2, 0) is 11.2 Å². The lowest BCUT2D eigenvalue weighted by atomic mass is 10.1. The van der Waals surface area contributed by atoms with E-state index >= 15 is 0 Å². The molecule has 1 amide bonds. The summed E-state index contributed by atoms with van der Waals surface area (Å²) < 4.78 is 0. The summed E-state index contributed by atoms with van der Waals surface area (Å²) in [5.74, 6) is 0.357. The van der Waals surface area contributed by atoms with Crippen molar-refractivity contribution in [2.24, 2.45) is 0 Å². The Morgan fingerprint density at radius 3 is 3.00 bits per heavy atom. The van der Waals surface area contributed by atoms with Crippen LogP contribution in [-0.4, -0.2) is 22.8 Å². The second-order valence-corrected chi connectivity index (χ2v) is 3.81. The molecule has 0 saturated carbocycles. The van der Waals surface area contributed by atoms with Crippen LogP contribution in [0.2, 0.25) is 0 Å². The number of amides is 1. The monoisotopic (exact) mass is 226 g/mol. The molecule has 0 spiro atoms. The van der Waals surface area contributed by atoms with Gasteiger partial charge in [0.2, 0.25) is 5.91 Å². The first-order chi connectivity index (χ1) is 7.22. The molecule has 0 saturated heterocycles. The van der Waals surface area contributed by atoms with Crippen molar-refractivity contribution in [1.82, 2.24) is 10.3 Å². The number of rotatable bonds is 5. The number of carbonyl (C=O) groups excluding carboxylic acids is 1. The fraction of sp³-hybridized carbons (Fsp3) is 0.455. The van der Waals surface area contributed by atoms with Crippen molar-refractivity contribution in [2.45, 2.75) is 25.8 Å². The van der Waals surface area contributed by atoms with Gasteiger partial charge in [0.05, 0.1) is 0 Å². The summed E-state index contributed by atoms with van der Waals surface area (Å²) in [6.07, 6.45) is 2.87. The van der Waals surface area contributed by atoms with Gasteiger partial charge in [0.25, 0.3) is 0 Å². The fourth-order valence-corrected chi connectivity index (χ4v) is 1.49. The van der Waals surface area contributed by atoms with E-state index in [0.29, 0.717) is 12.3 Å². The molecule has 0 aliphatic rings. The first-order valence-corrected chi connectivity index (χ1v) is 5.51. The van der Waals surface area contributed by atoms with Crippen LogP contribution in [0.25, 0.3) is 0 Å².